The van der Waals surface area contributed by atoms with E-state index in [4.69, 9.17) is 0 Å². The van der Waals surface area contributed by atoms with Gasteiger partial charge < -0.3 is 15.6 Å². The van der Waals surface area contributed by atoms with Crippen LogP contribution in [0.3, 0.4) is 0 Å². The van der Waals surface area contributed by atoms with Crippen LogP contribution in [-0.2, 0) is 16.1 Å². The minimum atomic E-state index is -0.0101. The largest absolute Gasteiger partial charge is 0.356 e. The molecule has 0 atom stereocenters. The molecule has 2 aromatic carbocycles. The van der Waals surface area contributed by atoms with Gasteiger partial charge in [0, 0.05) is 32.0 Å². The van der Waals surface area contributed by atoms with Crippen molar-refractivity contribution in [1.82, 2.24) is 20.6 Å². The molecule has 0 unspecified atom stereocenters. The number of aromatic nitrogens is 2. The van der Waals surface area contributed by atoms with Crippen LogP contribution in [0.5, 0.6) is 0 Å². The number of hydrogen-bond donors (Lipinski definition) is 3. The molecular formula is C22H26N4O2. The van der Waals surface area contributed by atoms with E-state index < -0.39 is 0 Å². The topological polar surface area (TPSA) is 86.9 Å². The quantitative estimate of drug-likeness (QED) is 0.498. The normalized spacial score (nSPS) is 10.8. The van der Waals surface area contributed by atoms with E-state index in [2.05, 4.69) is 20.6 Å². The predicted octanol–water partition coefficient (Wildman–Crippen LogP) is 3.54. The van der Waals surface area contributed by atoms with Gasteiger partial charge in [0.15, 0.2) is 0 Å². The number of amides is 2. The fraction of sp³-hybridized carbons (Fsp3) is 0.318. The molecule has 0 fully saturated rings. The molecule has 3 rings (SSSR count). The molecule has 0 aliphatic carbocycles. The molecule has 0 spiro atoms. The Bertz CT molecular complexity index is 898. The summed E-state index contributed by atoms with van der Waals surface area (Å²) in [5.74, 6) is 0.890. The number of unbranched alkanes of at least 4 members (excludes halogenated alkanes) is 2. The van der Waals surface area contributed by atoms with Gasteiger partial charge in [-0.1, -0.05) is 42.8 Å². The lowest BCUT2D eigenvalue weighted by Crippen LogP contribution is -2.23. The number of nitrogens with one attached hydrogen (secondary N) is 3. The van der Waals surface area contributed by atoms with Crippen molar-refractivity contribution in [3.05, 3.63) is 54.1 Å². The van der Waals surface area contributed by atoms with E-state index in [0.717, 1.165) is 47.2 Å². The Morgan fingerprint density at radius 1 is 0.964 bits per heavy atom. The maximum Gasteiger partial charge on any atom is 0.220 e. The molecule has 146 valence electrons. The number of imidazole rings is 1. The van der Waals surface area contributed by atoms with E-state index in [1.165, 1.54) is 6.92 Å². The minimum Gasteiger partial charge on any atom is -0.356 e. The minimum absolute atomic E-state index is 0.0101. The second kappa shape index (κ2) is 9.69. The summed E-state index contributed by atoms with van der Waals surface area (Å²) in [7, 11) is 0. The van der Waals surface area contributed by atoms with Gasteiger partial charge in [0.1, 0.15) is 5.82 Å². The number of fused-ring (bicyclic) bond motifs is 1. The van der Waals surface area contributed by atoms with Gasteiger partial charge in [-0.15, -0.1) is 0 Å². The Hall–Kier alpha value is -3.15. The molecule has 3 N–H and O–H groups in total. The first kappa shape index (κ1) is 19.6. The lowest BCUT2D eigenvalue weighted by molar-refractivity contribution is -0.121. The number of nitrogens with zero attached hydrogens (tertiary/aromatic N) is 1. The van der Waals surface area contributed by atoms with Gasteiger partial charge in [-0.25, -0.2) is 4.98 Å². The molecule has 1 aromatic heterocycles. The Kier molecular flexibility index (Phi) is 6.78. The summed E-state index contributed by atoms with van der Waals surface area (Å²) in [6.45, 7) is 2.70. The van der Waals surface area contributed by atoms with E-state index in [0.29, 0.717) is 19.5 Å². The van der Waals surface area contributed by atoms with Crippen LogP contribution < -0.4 is 10.6 Å². The lowest BCUT2D eigenvalue weighted by Gasteiger charge is -2.06. The molecule has 1 heterocycles. The summed E-state index contributed by atoms with van der Waals surface area (Å²) in [6.07, 6.45) is 3.17. The van der Waals surface area contributed by atoms with Gasteiger partial charge in [-0.05, 0) is 30.5 Å². The van der Waals surface area contributed by atoms with Crippen molar-refractivity contribution in [2.24, 2.45) is 0 Å². The zero-order valence-corrected chi connectivity index (χ0v) is 16.1. The highest BCUT2D eigenvalue weighted by Gasteiger charge is 2.06. The summed E-state index contributed by atoms with van der Waals surface area (Å²) in [5.41, 5.74) is 4.04. The van der Waals surface area contributed by atoms with Crippen LogP contribution in [0.4, 0.5) is 0 Å². The Balaban J connectivity index is 1.42. The SMILES string of the molecule is CC(=O)NCCCCCC(=O)NCc1ccc(-c2nc3ccccc3[nH]2)cc1. The van der Waals surface area contributed by atoms with Gasteiger partial charge >= 0.3 is 0 Å². The van der Waals surface area contributed by atoms with E-state index in [-0.39, 0.29) is 11.8 Å². The molecule has 6 heteroatoms. The molecule has 3 aromatic rings. The molecular weight excluding hydrogens is 352 g/mol. The summed E-state index contributed by atoms with van der Waals surface area (Å²) in [4.78, 5) is 30.6. The van der Waals surface area contributed by atoms with Crippen LogP contribution in [0.1, 0.15) is 38.2 Å². The summed E-state index contributed by atoms with van der Waals surface area (Å²) in [6, 6.07) is 16.0. The lowest BCUT2D eigenvalue weighted by atomic mass is 10.1. The number of aromatic amines is 1. The Labute approximate surface area is 164 Å². The molecule has 0 saturated heterocycles. The number of rotatable bonds is 9. The smallest absolute Gasteiger partial charge is 0.220 e. The molecule has 0 bridgehead atoms. The Morgan fingerprint density at radius 2 is 1.75 bits per heavy atom. The average Bonchev–Trinajstić information content (AvgIpc) is 3.13. The van der Waals surface area contributed by atoms with Crippen LogP contribution >= 0.6 is 0 Å². The van der Waals surface area contributed by atoms with Crippen molar-refractivity contribution in [3.8, 4) is 11.4 Å². The van der Waals surface area contributed by atoms with E-state index in [9.17, 15) is 9.59 Å². The fourth-order valence-corrected chi connectivity index (χ4v) is 3.01. The van der Waals surface area contributed by atoms with E-state index in [1.54, 1.807) is 0 Å². The number of carbonyl (C=O) groups excluding carboxylic acids is 2. The third-order valence-electron chi connectivity index (χ3n) is 4.56. The van der Waals surface area contributed by atoms with Crippen molar-refractivity contribution < 1.29 is 9.59 Å². The molecule has 0 aliphatic heterocycles. The van der Waals surface area contributed by atoms with Gasteiger partial charge in [0.2, 0.25) is 11.8 Å². The maximum absolute atomic E-state index is 11.9. The zero-order valence-electron chi connectivity index (χ0n) is 16.1. The van der Waals surface area contributed by atoms with Crippen LogP contribution in [-0.4, -0.2) is 28.3 Å². The second-order valence-corrected chi connectivity index (χ2v) is 6.87. The van der Waals surface area contributed by atoms with Gasteiger partial charge in [-0.3, -0.25) is 9.59 Å². The van der Waals surface area contributed by atoms with E-state index in [1.807, 2.05) is 48.5 Å². The zero-order chi connectivity index (χ0) is 19.8. The monoisotopic (exact) mass is 378 g/mol. The first-order valence-corrected chi connectivity index (χ1v) is 9.67. The number of benzene rings is 2. The standard InChI is InChI=1S/C22H26N4O2/c1-16(27)23-14-6-2-3-9-21(28)24-15-17-10-12-18(13-11-17)22-25-19-7-4-5-8-20(19)26-22/h4-5,7-8,10-13H,2-3,6,9,14-15H2,1H3,(H,23,27)(H,24,28)(H,25,26). The van der Waals surface area contributed by atoms with Crippen molar-refractivity contribution in [3.63, 3.8) is 0 Å². The van der Waals surface area contributed by atoms with Crippen molar-refractivity contribution in [1.29, 1.82) is 0 Å². The van der Waals surface area contributed by atoms with Crippen LogP contribution in [0.25, 0.3) is 22.4 Å². The third-order valence-corrected chi connectivity index (χ3v) is 4.56. The maximum atomic E-state index is 11.9. The summed E-state index contributed by atoms with van der Waals surface area (Å²) in [5, 5.41) is 5.71. The number of carbonyl (C=O) groups is 2. The highest BCUT2D eigenvalue weighted by molar-refractivity contribution is 5.79. The molecule has 0 radical (unpaired) electrons. The molecule has 6 nitrogen and oxygen atoms in total. The first-order valence-electron chi connectivity index (χ1n) is 9.67. The van der Waals surface area contributed by atoms with E-state index >= 15 is 0 Å². The number of para-hydroxylation sites is 2. The third kappa shape index (κ3) is 5.67. The number of H-pyrrole nitrogens is 1. The molecule has 0 saturated carbocycles. The highest BCUT2D eigenvalue weighted by atomic mass is 16.2. The highest BCUT2D eigenvalue weighted by Crippen LogP contribution is 2.20. The van der Waals surface area contributed by atoms with Crippen LogP contribution in [0, 0.1) is 0 Å². The predicted molar refractivity (Wildman–Crippen MR) is 111 cm³/mol. The van der Waals surface area contributed by atoms with Crippen molar-refractivity contribution in [2.75, 3.05) is 6.54 Å². The van der Waals surface area contributed by atoms with Crippen LogP contribution in [0.2, 0.25) is 0 Å². The fourth-order valence-electron chi connectivity index (χ4n) is 3.01. The molecule has 0 aliphatic rings. The Morgan fingerprint density at radius 3 is 2.50 bits per heavy atom. The average molecular weight is 378 g/mol. The first-order chi connectivity index (χ1) is 13.6. The number of hydrogen-bond acceptors (Lipinski definition) is 3. The van der Waals surface area contributed by atoms with Gasteiger partial charge in [0.05, 0.1) is 11.0 Å². The van der Waals surface area contributed by atoms with Crippen molar-refractivity contribution >= 4 is 22.8 Å². The van der Waals surface area contributed by atoms with Gasteiger partial charge in [0.25, 0.3) is 0 Å². The summed E-state index contributed by atoms with van der Waals surface area (Å²) >= 11 is 0. The molecule has 2 amide bonds. The van der Waals surface area contributed by atoms with Crippen LogP contribution in [0.15, 0.2) is 48.5 Å². The summed E-state index contributed by atoms with van der Waals surface area (Å²) < 4.78 is 0. The second-order valence-electron chi connectivity index (χ2n) is 6.87. The van der Waals surface area contributed by atoms with Crippen molar-refractivity contribution in [2.45, 2.75) is 39.2 Å². The van der Waals surface area contributed by atoms with Gasteiger partial charge in [-0.2, -0.15) is 0 Å². The molecule has 28 heavy (non-hydrogen) atoms.